The predicted octanol–water partition coefficient (Wildman–Crippen LogP) is 0.125. The fourth-order valence-corrected chi connectivity index (χ4v) is 1.44. The average molecular weight is 251 g/mol. The molecule has 2 rings (SSSR count). The summed E-state index contributed by atoms with van der Waals surface area (Å²) in [5, 5.41) is 6.75. The first kappa shape index (κ1) is 12.1. The zero-order valence-electron chi connectivity index (χ0n) is 10.1. The predicted molar refractivity (Wildman–Crippen MR) is 62.6 cm³/mol. The fraction of sp³-hybridized carbons (Fsp3) is 0.400. The van der Waals surface area contributed by atoms with Crippen molar-refractivity contribution < 1.29 is 9.26 Å². The Balaban J connectivity index is 1.98. The molecule has 2 aromatic heterocycles. The van der Waals surface area contributed by atoms with Crippen molar-refractivity contribution in [2.45, 2.75) is 13.3 Å². The Morgan fingerprint density at radius 1 is 1.56 bits per heavy atom. The molecular formula is C10H13N5O3. The number of aryl methyl sites for hydroxylation is 1. The summed E-state index contributed by atoms with van der Waals surface area (Å²) in [7, 11) is 1.42. The monoisotopic (exact) mass is 251 g/mol. The van der Waals surface area contributed by atoms with Gasteiger partial charge in [0.25, 0.3) is 5.56 Å². The molecule has 0 aromatic carbocycles. The van der Waals surface area contributed by atoms with Gasteiger partial charge >= 0.3 is 0 Å². The summed E-state index contributed by atoms with van der Waals surface area (Å²) in [5.41, 5.74) is -0.328. The molecule has 0 aliphatic heterocycles. The van der Waals surface area contributed by atoms with E-state index >= 15 is 0 Å². The molecule has 0 atom stereocenters. The zero-order chi connectivity index (χ0) is 13.0. The number of anilines is 1. The number of nitrogens with zero attached hydrogens (tertiary/aromatic N) is 3. The molecule has 0 fully saturated rings. The molecule has 96 valence electrons. The second-order valence-corrected chi connectivity index (χ2v) is 3.52. The van der Waals surface area contributed by atoms with Crippen LogP contribution in [0.1, 0.15) is 11.7 Å². The van der Waals surface area contributed by atoms with E-state index in [-0.39, 0.29) is 11.3 Å². The van der Waals surface area contributed by atoms with Crippen molar-refractivity contribution in [1.29, 1.82) is 0 Å². The number of hydrogen-bond donors (Lipinski definition) is 2. The van der Waals surface area contributed by atoms with Crippen LogP contribution in [0.4, 0.5) is 5.82 Å². The maximum atomic E-state index is 11.4. The van der Waals surface area contributed by atoms with Crippen LogP contribution >= 0.6 is 0 Å². The molecule has 0 bridgehead atoms. The lowest BCUT2D eigenvalue weighted by Crippen LogP contribution is -2.15. The summed E-state index contributed by atoms with van der Waals surface area (Å²) in [4.78, 5) is 21.9. The van der Waals surface area contributed by atoms with Gasteiger partial charge in [-0.15, -0.1) is 0 Å². The van der Waals surface area contributed by atoms with Gasteiger partial charge in [0.05, 0.1) is 13.4 Å². The number of methoxy groups -OCH3 is 1. The summed E-state index contributed by atoms with van der Waals surface area (Å²) < 4.78 is 9.81. The summed E-state index contributed by atoms with van der Waals surface area (Å²) in [6.45, 7) is 2.25. The highest BCUT2D eigenvalue weighted by Gasteiger charge is 2.08. The van der Waals surface area contributed by atoms with Crippen LogP contribution < -0.4 is 15.6 Å². The summed E-state index contributed by atoms with van der Waals surface area (Å²) in [5.74, 6) is 1.67. The first-order valence-corrected chi connectivity index (χ1v) is 5.35. The fourth-order valence-electron chi connectivity index (χ4n) is 1.44. The van der Waals surface area contributed by atoms with E-state index in [1.165, 1.54) is 13.4 Å². The lowest BCUT2D eigenvalue weighted by molar-refractivity contribution is 0.387. The van der Waals surface area contributed by atoms with Gasteiger partial charge in [-0.1, -0.05) is 5.16 Å². The lowest BCUT2D eigenvalue weighted by atomic mass is 10.4. The third-order valence-corrected chi connectivity index (χ3v) is 2.23. The third kappa shape index (κ3) is 2.65. The van der Waals surface area contributed by atoms with E-state index in [1.807, 2.05) is 0 Å². The Hall–Kier alpha value is -2.38. The maximum Gasteiger partial charge on any atom is 0.295 e. The highest BCUT2D eigenvalue weighted by Crippen LogP contribution is 2.13. The molecule has 0 spiro atoms. The van der Waals surface area contributed by atoms with Gasteiger partial charge in [0.1, 0.15) is 0 Å². The Labute approximate surface area is 102 Å². The number of ether oxygens (including phenoxy) is 1. The van der Waals surface area contributed by atoms with Crippen molar-refractivity contribution in [2.24, 2.45) is 0 Å². The number of aromatic nitrogens is 4. The Bertz CT molecular complexity index is 577. The highest BCUT2D eigenvalue weighted by atomic mass is 16.5. The smallest absolute Gasteiger partial charge is 0.295 e. The summed E-state index contributed by atoms with van der Waals surface area (Å²) >= 11 is 0. The number of H-pyrrole nitrogens is 1. The van der Waals surface area contributed by atoms with Crippen LogP contribution in [0.25, 0.3) is 0 Å². The molecule has 18 heavy (non-hydrogen) atoms. The van der Waals surface area contributed by atoms with Gasteiger partial charge in [0, 0.05) is 19.9 Å². The molecule has 0 saturated heterocycles. The van der Waals surface area contributed by atoms with E-state index in [2.05, 4.69) is 25.4 Å². The minimum absolute atomic E-state index is 0.154. The van der Waals surface area contributed by atoms with Gasteiger partial charge in [0.2, 0.25) is 11.6 Å². The lowest BCUT2D eigenvalue weighted by Gasteiger charge is -2.07. The zero-order valence-corrected chi connectivity index (χ0v) is 10.1. The number of nitrogens with one attached hydrogen (secondary N) is 2. The van der Waals surface area contributed by atoms with Crippen molar-refractivity contribution in [3.8, 4) is 5.75 Å². The van der Waals surface area contributed by atoms with Gasteiger partial charge in [-0.25, -0.2) is 4.98 Å². The Morgan fingerprint density at radius 3 is 3.06 bits per heavy atom. The van der Waals surface area contributed by atoms with E-state index in [0.29, 0.717) is 30.5 Å². The van der Waals surface area contributed by atoms with E-state index in [4.69, 9.17) is 9.26 Å². The molecule has 0 radical (unpaired) electrons. The molecule has 2 N–H and O–H groups in total. The third-order valence-electron chi connectivity index (χ3n) is 2.23. The second kappa shape index (κ2) is 5.30. The molecule has 0 saturated carbocycles. The van der Waals surface area contributed by atoms with Crippen LogP contribution in [-0.4, -0.2) is 33.8 Å². The molecule has 0 unspecified atom stereocenters. The van der Waals surface area contributed by atoms with Crippen LogP contribution in [0.3, 0.4) is 0 Å². The average Bonchev–Trinajstić information content (AvgIpc) is 2.75. The molecule has 2 heterocycles. The maximum absolute atomic E-state index is 11.4. The van der Waals surface area contributed by atoms with Gasteiger partial charge in [-0.05, 0) is 0 Å². The van der Waals surface area contributed by atoms with Crippen molar-refractivity contribution in [3.63, 3.8) is 0 Å². The molecule has 2 aromatic rings. The van der Waals surface area contributed by atoms with Crippen molar-refractivity contribution in [1.82, 2.24) is 20.1 Å². The standard InChI is InChI=1S/C10H13N5O3/c1-6-14-7(15-18-6)3-4-11-9-8(17-2)10(16)13-5-12-9/h5H,3-4H2,1-2H3,(H2,11,12,13,16). The quantitative estimate of drug-likeness (QED) is 0.777. The number of hydrogen-bond acceptors (Lipinski definition) is 7. The largest absolute Gasteiger partial charge is 0.489 e. The van der Waals surface area contributed by atoms with Crippen LogP contribution in [0.2, 0.25) is 0 Å². The van der Waals surface area contributed by atoms with Crippen LogP contribution in [-0.2, 0) is 6.42 Å². The van der Waals surface area contributed by atoms with E-state index in [0.717, 1.165) is 0 Å². The van der Waals surface area contributed by atoms with Gasteiger partial charge in [-0.3, -0.25) is 4.79 Å². The summed E-state index contributed by atoms with van der Waals surface area (Å²) in [6, 6.07) is 0. The highest BCUT2D eigenvalue weighted by molar-refractivity contribution is 5.47. The van der Waals surface area contributed by atoms with Gasteiger partial charge in [0.15, 0.2) is 11.6 Å². The van der Waals surface area contributed by atoms with Crippen LogP contribution in [0.15, 0.2) is 15.6 Å². The van der Waals surface area contributed by atoms with Gasteiger partial charge < -0.3 is 19.6 Å². The first-order valence-electron chi connectivity index (χ1n) is 5.35. The SMILES string of the molecule is COc1c(NCCc2noc(C)n2)nc[nH]c1=O. The molecule has 0 aliphatic rings. The molecule has 0 amide bonds. The molecule has 8 nitrogen and oxygen atoms in total. The summed E-state index contributed by atoms with van der Waals surface area (Å²) in [6.07, 6.45) is 1.88. The number of aromatic amines is 1. The normalized spacial score (nSPS) is 10.3. The topological polar surface area (TPSA) is 106 Å². The van der Waals surface area contributed by atoms with Crippen molar-refractivity contribution in [3.05, 3.63) is 28.4 Å². The van der Waals surface area contributed by atoms with Crippen LogP contribution in [0, 0.1) is 6.92 Å². The Morgan fingerprint density at radius 2 is 2.39 bits per heavy atom. The van der Waals surface area contributed by atoms with Crippen molar-refractivity contribution >= 4 is 5.82 Å². The van der Waals surface area contributed by atoms with E-state index in [1.54, 1.807) is 6.92 Å². The molecular weight excluding hydrogens is 238 g/mol. The van der Waals surface area contributed by atoms with E-state index < -0.39 is 0 Å². The second-order valence-electron chi connectivity index (χ2n) is 3.52. The Kier molecular flexibility index (Phi) is 3.56. The first-order chi connectivity index (χ1) is 8.70. The molecule has 8 heteroatoms. The van der Waals surface area contributed by atoms with E-state index in [9.17, 15) is 4.79 Å². The minimum atomic E-state index is -0.328. The molecule has 0 aliphatic carbocycles. The minimum Gasteiger partial charge on any atom is -0.489 e. The number of rotatable bonds is 5. The van der Waals surface area contributed by atoms with Gasteiger partial charge in [-0.2, -0.15) is 4.98 Å². The van der Waals surface area contributed by atoms with Crippen molar-refractivity contribution in [2.75, 3.05) is 19.0 Å². The van der Waals surface area contributed by atoms with Crippen LogP contribution in [0.5, 0.6) is 5.75 Å².